The molecule has 16 heteroatoms. The van der Waals surface area contributed by atoms with Crippen LogP contribution in [0.1, 0.15) is 88.8 Å². The van der Waals surface area contributed by atoms with Gasteiger partial charge in [-0.2, -0.15) is 5.21 Å². The van der Waals surface area contributed by atoms with E-state index in [2.05, 4.69) is 47.8 Å². The second-order valence-electron chi connectivity index (χ2n) is 11.6. The van der Waals surface area contributed by atoms with Crippen molar-refractivity contribution in [1.82, 2.24) is 36.6 Å². The Hall–Kier alpha value is -5.98. The van der Waals surface area contributed by atoms with Crippen LogP contribution in [0.3, 0.4) is 0 Å². The van der Waals surface area contributed by atoms with Gasteiger partial charge >= 0.3 is 11.9 Å². The van der Waals surface area contributed by atoms with Crippen molar-refractivity contribution in [2.75, 3.05) is 16.8 Å². The number of amides is 3. The number of aryl methyl sites for hydroxylation is 1. The van der Waals surface area contributed by atoms with Crippen molar-refractivity contribution in [2.24, 2.45) is 0 Å². The van der Waals surface area contributed by atoms with Gasteiger partial charge in [0, 0.05) is 29.8 Å². The molecular weight excluding hydrogens is 622 g/mol. The number of H-pyrrole nitrogens is 1. The predicted octanol–water partition coefficient (Wildman–Crippen LogP) is 1.51. The highest BCUT2D eigenvalue weighted by molar-refractivity contribution is 6.02. The summed E-state index contributed by atoms with van der Waals surface area (Å²) in [5.41, 5.74) is 4.47. The topological polar surface area (TPSA) is 232 Å². The molecule has 0 radical (unpaired) electrons. The number of tetrazole rings is 1. The average Bonchev–Trinajstić information content (AvgIpc) is 3.73. The van der Waals surface area contributed by atoms with Crippen LogP contribution in [0.25, 0.3) is 0 Å². The van der Waals surface area contributed by atoms with Crippen molar-refractivity contribution in [3.63, 3.8) is 0 Å². The number of aliphatic carboxylic acids is 2. The van der Waals surface area contributed by atoms with Crippen LogP contribution in [0.15, 0.2) is 36.4 Å². The summed E-state index contributed by atoms with van der Waals surface area (Å²) in [5.74, 6) is -0.974. The molecule has 4 atom stereocenters. The monoisotopic (exact) mass is 657 g/mol. The van der Waals surface area contributed by atoms with Crippen molar-refractivity contribution >= 4 is 41.0 Å². The van der Waals surface area contributed by atoms with Gasteiger partial charge < -0.3 is 36.4 Å². The van der Waals surface area contributed by atoms with Gasteiger partial charge in [0.1, 0.15) is 6.04 Å². The number of carbonyl (C=O) groups excluding carboxylic acids is 3. The van der Waals surface area contributed by atoms with E-state index in [1.807, 2.05) is 24.0 Å². The van der Waals surface area contributed by atoms with Crippen molar-refractivity contribution in [3.05, 3.63) is 64.5 Å². The Morgan fingerprint density at radius 2 is 1.85 bits per heavy atom. The summed E-state index contributed by atoms with van der Waals surface area (Å²) in [6.45, 7) is 2.15. The van der Waals surface area contributed by atoms with Gasteiger partial charge in [-0.05, 0) is 80.1 Å². The van der Waals surface area contributed by atoms with Crippen LogP contribution in [0.4, 0.5) is 11.4 Å². The molecule has 3 amide bonds. The number of aromatic amines is 1. The third kappa shape index (κ3) is 7.69. The maximum atomic E-state index is 13.1. The number of carboxylic acid groups (broad SMARTS) is 2. The number of hydrogen-bond donors (Lipinski definition) is 7. The fourth-order valence-electron chi connectivity index (χ4n) is 5.99. The molecule has 1 aliphatic heterocycles. The lowest BCUT2D eigenvalue weighted by molar-refractivity contribution is -0.140. The predicted molar refractivity (Wildman–Crippen MR) is 171 cm³/mol. The van der Waals surface area contributed by atoms with E-state index in [0.29, 0.717) is 5.56 Å². The number of nitrogens with one attached hydrogen (secondary N) is 5. The first-order valence-corrected chi connectivity index (χ1v) is 15.4. The molecule has 2 heterocycles. The lowest BCUT2D eigenvalue weighted by Crippen LogP contribution is -2.43. The van der Waals surface area contributed by atoms with Crippen molar-refractivity contribution in [1.29, 1.82) is 0 Å². The lowest BCUT2D eigenvalue weighted by Gasteiger charge is -2.31. The molecule has 48 heavy (non-hydrogen) atoms. The van der Waals surface area contributed by atoms with Crippen LogP contribution in [-0.4, -0.2) is 79.2 Å². The number of nitrogens with zero attached hydrogens (tertiary/aromatic N) is 4. The van der Waals surface area contributed by atoms with Gasteiger partial charge in [-0.15, -0.1) is 16.6 Å². The first kappa shape index (κ1) is 33.4. The summed E-state index contributed by atoms with van der Waals surface area (Å²) >= 11 is 0. The molecular formula is C32H35N9O7. The third-order valence-electron chi connectivity index (χ3n) is 8.31. The van der Waals surface area contributed by atoms with Gasteiger partial charge in [-0.25, -0.2) is 4.79 Å². The second kappa shape index (κ2) is 14.6. The van der Waals surface area contributed by atoms with Gasteiger partial charge in [0.05, 0.1) is 30.4 Å². The summed E-state index contributed by atoms with van der Waals surface area (Å²) in [6, 6.07) is 8.22. The number of terminal acetylenes is 1. The van der Waals surface area contributed by atoms with Crippen LogP contribution < -0.4 is 26.2 Å². The highest BCUT2D eigenvalue weighted by Gasteiger charge is 2.32. The van der Waals surface area contributed by atoms with Gasteiger partial charge in [0.2, 0.25) is 5.91 Å². The van der Waals surface area contributed by atoms with Gasteiger partial charge in [0.15, 0.2) is 5.82 Å². The Kier molecular flexibility index (Phi) is 10.2. The van der Waals surface area contributed by atoms with Crippen molar-refractivity contribution < 1.29 is 34.2 Å². The fraction of sp³-hybridized carbons (Fsp3) is 0.375. The summed E-state index contributed by atoms with van der Waals surface area (Å²) < 4.78 is 0. The molecule has 16 nitrogen and oxygen atoms in total. The standard InChI is InChI=1S/C32H35N9O7/c1-3-14-41(26-11-6-19-15-25-22(16-21(19)26)31(46)34-17(2)33-25)20-7-4-18(5-8-20)30(45)36-24(32(47)48)9-12-27(42)35-23(10-13-28(43)44)29-37-39-40-38-29/h1,4-5,7-8,15-17,23-24,26,33H,6,9-14H2,2H3,(H,34,46)(H,35,42)(H,36,45)(H,43,44)(H,47,48)(H,37,38,39,40)/t17?,23-,24+,26?/m1/s1. The zero-order chi connectivity index (χ0) is 34.4. The van der Waals surface area contributed by atoms with E-state index in [1.165, 1.54) is 0 Å². The molecule has 0 fully saturated rings. The second-order valence-corrected chi connectivity index (χ2v) is 11.6. The lowest BCUT2D eigenvalue weighted by atomic mass is 9.99. The molecule has 250 valence electrons. The molecule has 0 spiro atoms. The minimum absolute atomic E-state index is 0.00231. The smallest absolute Gasteiger partial charge is 0.326 e. The zero-order valence-electron chi connectivity index (χ0n) is 26.0. The van der Waals surface area contributed by atoms with E-state index in [-0.39, 0.29) is 61.7 Å². The van der Waals surface area contributed by atoms with Crippen LogP contribution in [-0.2, 0) is 20.8 Å². The normalized spacial score (nSPS) is 17.4. The Balaban J connectivity index is 1.22. The Morgan fingerprint density at radius 1 is 1.08 bits per heavy atom. The molecule has 0 saturated heterocycles. The van der Waals surface area contributed by atoms with E-state index < -0.39 is 35.8 Å². The largest absolute Gasteiger partial charge is 0.481 e. The van der Waals surface area contributed by atoms with Gasteiger partial charge in [0.25, 0.3) is 11.8 Å². The van der Waals surface area contributed by atoms with Crippen molar-refractivity contribution in [2.45, 2.75) is 69.7 Å². The van der Waals surface area contributed by atoms with E-state index in [0.717, 1.165) is 35.3 Å². The zero-order valence-corrected chi connectivity index (χ0v) is 26.0. The molecule has 1 aromatic heterocycles. The van der Waals surface area contributed by atoms with E-state index in [1.54, 1.807) is 24.3 Å². The van der Waals surface area contributed by atoms with E-state index in [4.69, 9.17) is 11.5 Å². The first-order valence-electron chi connectivity index (χ1n) is 15.4. The van der Waals surface area contributed by atoms with E-state index in [9.17, 15) is 29.1 Å². The molecule has 7 N–H and O–H groups in total. The van der Waals surface area contributed by atoms with Crippen LogP contribution in [0.5, 0.6) is 0 Å². The van der Waals surface area contributed by atoms with Crippen molar-refractivity contribution in [3.8, 4) is 12.3 Å². The SMILES string of the molecule is C#CCN(c1ccc(C(=O)N[C@@H](CCC(=O)N[C@H](CCC(=O)O)c2nn[nH]n2)C(=O)O)cc1)C1CCc2cc3c(cc21)C(=O)NC(C)N3. The molecule has 5 rings (SSSR count). The molecule has 1 aliphatic carbocycles. The number of rotatable bonds is 14. The summed E-state index contributed by atoms with van der Waals surface area (Å²) in [6.07, 6.45) is 6.39. The molecule has 2 unspecified atom stereocenters. The summed E-state index contributed by atoms with van der Waals surface area (Å²) in [4.78, 5) is 63.4. The summed E-state index contributed by atoms with van der Waals surface area (Å²) in [7, 11) is 0. The summed E-state index contributed by atoms with van der Waals surface area (Å²) in [5, 5.41) is 43.2. The fourth-order valence-corrected chi connectivity index (χ4v) is 5.99. The van der Waals surface area contributed by atoms with Crippen LogP contribution >= 0.6 is 0 Å². The number of carbonyl (C=O) groups is 5. The number of fused-ring (bicyclic) bond motifs is 2. The Labute approximate surface area is 275 Å². The minimum Gasteiger partial charge on any atom is -0.481 e. The molecule has 0 saturated carbocycles. The molecule has 0 bridgehead atoms. The number of carboxylic acids is 2. The number of anilines is 2. The Bertz CT molecular complexity index is 1740. The molecule has 3 aromatic rings. The Morgan fingerprint density at radius 3 is 2.52 bits per heavy atom. The maximum Gasteiger partial charge on any atom is 0.326 e. The maximum absolute atomic E-state index is 13.1. The quantitative estimate of drug-likeness (QED) is 0.122. The first-order chi connectivity index (χ1) is 23.0. The highest BCUT2D eigenvalue weighted by atomic mass is 16.4. The molecule has 2 aromatic carbocycles. The van der Waals surface area contributed by atoms with Gasteiger partial charge in [-0.1, -0.05) is 11.1 Å². The number of benzene rings is 2. The van der Waals surface area contributed by atoms with E-state index >= 15 is 0 Å². The van der Waals surface area contributed by atoms with Crippen LogP contribution in [0.2, 0.25) is 0 Å². The number of aromatic nitrogens is 4. The molecule has 2 aliphatic rings. The third-order valence-corrected chi connectivity index (χ3v) is 8.31. The average molecular weight is 658 g/mol. The number of hydrogen-bond acceptors (Lipinski definition) is 10. The van der Waals surface area contributed by atoms with Gasteiger partial charge in [-0.3, -0.25) is 19.2 Å². The minimum atomic E-state index is -1.38. The van der Waals surface area contributed by atoms with Crippen LogP contribution in [0, 0.1) is 12.3 Å². The highest BCUT2D eigenvalue weighted by Crippen LogP contribution is 2.41.